The molecule has 0 unspecified atom stereocenters. The van der Waals surface area contributed by atoms with Gasteiger partial charge in [0, 0.05) is 31.7 Å². The molecule has 172 valence electrons. The molecule has 2 aromatic rings. The van der Waals surface area contributed by atoms with Crippen LogP contribution < -0.4 is 9.64 Å². The smallest absolute Gasteiger partial charge is 0.256 e. The molecular formula is C25H27ClN4O3. The first-order valence-corrected chi connectivity index (χ1v) is 11.9. The van der Waals surface area contributed by atoms with Gasteiger partial charge in [-0.2, -0.15) is 0 Å². The number of ether oxygens (including phenoxy) is 1. The third-order valence-corrected chi connectivity index (χ3v) is 7.37. The Bertz CT molecular complexity index is 1090. The van der Waals surface area contributed by atoms with Gasteiger partial charge < -0.3 is 19.6 Å². The monoisotopic (exact) mass is 466 g/mol. The number of fused-ring (bicyclic) bond motifs is 1. The van der Waals surface area contributed by atoms with E-state index in [-0.39, 0.29) is 24.7 Å². The third-order valence-electron chi connectivity index (χ3n) is 7.07. The van der Waals surface area contributed by atoms with Gasteiger partial charge >= 0.3 is 0 Å². The fourth-order valence-electron chi connectivity index (χ4n) is 5.17. The molecule has 1 saturated heterocycles. The molecule has 1 aromatic heterocycles. The van der Waals surface area contributed by atoms with E-state index in [9.17, 15) is 9.90 Å². The number of halogens is 1. The molecule has 1 N–H and O–H groups in total. The van der Waals surface area contributed by atoms with Gasteiger partial charge in [-0.05, 0) is 56.4 Å². The average molecular weight is 467 g/mol. The number of amides is 1. The van der Waals surface area contributed by atoms with Crippen LogP contribution in [0.5, 0.6) is 5.75 Å². The molecule has 5 rings (SSSR count). The van der Waals surface area contributed by atoms with Gasteiger partial charge in [0.25, 0.3) is 5.91 Å². The number of aliphatic hydroxyl groups excluding tert-OH is 1. The number of aromatic nitrogens is 1. The van der Waals surface area contributed by atoms with E-state index in [1.165, 1.54) is 0 Å². The fraction of sp³-hybridized carbons (Fsp3) is 0.480. The minimum Gasteiger partial charge on any atom is -0.490 e. The minimum atomic E-state index is 0.0737. The van der Waals surface area contributed by atoms with Crippen molar-refractivity contribution in [2.45, 2.75) is 50.8 Å². The maximum Gasteiger partial charge on any atom is 0.256 e. The van der Waals surface area contributed by atoms with Crippen molar-refractivity contribution in [1.29, 1.82) is 0 Å². The molecule has 1 aromatic carbocycles. The lowest BCUT2D eigenvalue weighted by atomic mass is 9.92. The first-order valence-electron chi connectivity index (χ1n) is 11.6. The molecule has 0 spiro atoms. The maximum atomic E-state index is 13.1. The standard InChI is InChI=1S/C25H27ClN4O3/c1-27-22-8-6-19(12-21(22)26)33-18-4-2-17(3-5-18)30-14-23-20(25(30)32)7-9-24(28-23)29-11-10-16(13-29)15-31/h6-9,12,16-18,31H,2-5,10-11,13-15H2/t16-,17?,18?/m0/s1. The topological polar surface area (TPSA) is 70.3 Å². The number of rotatable bonds is 5. The first-order chi connectivity index (χ1) is 16.1. The number of anilines is 1. The summed E-state index contributed by atoms with van der Waals surface area (Å²) in [6.45, 7) is 9.57. The van der Waals surface area contributed by atoms with Crippen molar-refractivity contribution in [2.24, 2.45) is 5.92 Å². The largest absolute Gasteiger partial charge is 0.490 e. The van der Waals surface area contributed by atoms with E-state index in [1.807, 2.05) is 17.0 Å². The minimum absolute atomic E-state index is 0.0737. The highest BCUT2D eigenvalue weighted by atomic mass is 35.5. The molecule has 7 nitrogen and oxygen atoms in total. The number of aliphatic hydroxyl groups is 1. The van der Waals surface area contributed by atoms with Crippen molar-refractivity contribution in [3.63, 3.8) is 0 Å². The van der Waals surface area contributed by atoms with Gasteiger partial charge in [-0.15, -0.1) is 0 Å². The summed E-state index contributed by atoms with van der Waals surface area (Å²) in [5.74, 6) is 1.96. The Morgan fingerprint density at radius 1 is 1.18 bits per heavy atom. The normalized spacial score (nSPS) is 24.6. The molecule has 1 atom stereocenters. The van der Waals surface area contributed by atoms with Gasteiger partial charge in [0.15, 0.2) is 0 Å². The zero-order chi connectivity index (χ0) is 22.9. The van der Waals surface area contributed by atoms with Crippen molar-refractivity contribution in [3.8, 4) is 5.75 Å². The lowest BCUT2D eigenvalue weighted by Crippen LogP contribution is -2.40. The van der Waals surface area contributed by atoms with E-state index in [2.05, 4.69) is 9.74 Å². The summed E-state index contributed by atoms with van der Waals surface area (Å²) < 4.78 is 6.10. The van der Waals surface area contributed by atoms with Crippen LogP contribution in [0.4, 0.5) is 11.5 Å². The van der Waals surface area contributed by atoms with Crippen LogP contribution in [0.2, 0.25) is 5.02 Å². The Morgan fingerprint density at radius 2 is 2.00 bits per heavy atom. The summed E-state index contributed by atoms with van der Waals surface area (Å²) in [5.41, 5.74) is 2.00. The molecule has 2 aliphatic heterocycles. The Morgan fingerprint density at radius 3 is 2.70 bits per heavy atom. The van der Waals surface area contributed by atoms with Crippen molar-refractivity contribution < 1.29 is 14.6 Å². The van der Waals surface area contributed by atoms with Crippen LogP contribution in [0.1, 0.15) is 48.2 Å². The second-order valence-corrected chi connectivity index (χ2v) is 9.56. The molecule has 2 fully saturated rings. The molecule has 0 bridgehead atoms. The lowest BCUT2D eigenvalue weighted by molar-refractivity contribution is 0.0560. The van der Waals surface area contributed by atoms with E-state index in [4.69, 9.17) is 27.9 Å². The second kappa shape index (κ2) is 9.20. The van der Waals surface area contributed by atoms with Crippen LogP contribution in [-0.2, 0) is 6.54 Å². The highest BCUT2D eigenvalue weighted by molar-refractivity contribution is 6.33. The zero-order valence-corrected chi connectivity index (χ0v) is 19.2. The summed E-state index contributed by atoms with van der Waals surface area (Å²) in [5, 5.41) is 9.82. The predicted octanol–water partition coefficient (Wildman–Crippen LogP) is 4.45. The molecule has 33 heavy (non-hydrogen) atoms. The molecule has 1 saturated carbocycles. The van der Waals surface area contributed by atoms with Crippen LogP contribution in [0.3, 0.4) is 0 Å². The van der Waals surface area contributed by atoms with Crippen LogP contribution in [0.25, 0.3) is 4.85 Å². The predicted molar refractivity (Wildman–Crippen MR) is 126 cm³/mol. The fourth-order valence-corrected chi connectivity index (χ4v) is 5.39. The molecule has 8 heteroatoms. The van der Waals surface area contributed by atoms with Crippen LogP contribution in [0, 0.1) is 12.5 Å². The van der Waals surface area contributed by atoms with E-state index >= 15 is 0 Å². The molecule has 0 radical (unpaired) electrons. The Hall–Kier alpha value is -2.82. The maximum absolute atomic E-state index is 13.1. The molecule has 1 amide bonds. The van der Waals surface area contributed by atoms with Crippen molar-refractivity contribution in [2.75, 3.05) is 24.6 Å². The molecular weight excluding hydrogens is 440 g/mol. The molecule has 3 heterocycles. The SMILES string of the molecule is [C-]#[N+]c1ccc(OC2CCC(N3Cc4nc(N5CC[C@H](CO)C5)ccc4C3=O)CC2)cc1Cl. The quantitative estimate of drug-likeness (QED) is 0.659. The van der Waals surface area contributed by atoms with Crippen molar-refractivity contribution >= 4 is 29.0 Å². The Kier molecular flexibility index (Phi) is 6.13. The average Bonchev–Trinajstić information content (AvgIpc) is 3.44. The number of benzene rings is 1. The number of carbonyl (C=O) groups excluding carboxylic acids is 1. The number of hydrogen-bond donors (Lipinski definition) is 1. The van der Waals surface area contributed by atoms with E-state index in [0.29, 0.717) is 34.5 Å². The third kappa shape index (κ3) is 4.38. The summed E-state index contributed by atoms with van der Waals surface area (Å²) >= 11 is 6.13. The summed E-state index contributed by atoms with van der Waals surface area (Å²) in [6.07, 6.45) is 4.55. The van der Waals surface area contributed by atoms with E-state index in [0.717, 1.165) is 56.7 Å². The summed E-state index contributed by atoms with van der Waals surface area (Å²) in [7, 11) is 0. The lowest BCUT2D eigenvalue weighted by Gasteiger charge is -2.34. The highest BCUT2D eigenvalue weighted by Crippen LogP contribution is 2.35. The highest BCUT2D eigenvalue weighted by Gasteiger charge is 2.36. The first kappa shape index (κ1) is 22.0. The van der Waals surface area contributed by atoms with Crippen LogP contribution >= 0.6 is 11.6 Å². The van der Waals surface area contributed by atoms with Gasteiger partial charge in [0.05, 0.1) is 35.5 Å². The summed E-state index contributed by atoms with van der Waals surface area (Å²) in [6, 6.07) is 9.22. The van der Waals surface area contributed by atoms with Crippen molar-refractivity contribution in [3.05, 3.63) is 58.0 Å². The second-order valence-electron chi connectivity index (χ2n) is 9.15. The number of hydrogen-bond acceptors (Lipinski definition) is 5. The van der Waals surface area contributed by atoms with Gasteiger partial charge in [-0.3, -0.25) is 4.79 Å². The van der Waals surface area contributed by atoms with E-state index < -0.39 is 0 Å². The zero-order valence-electron chi connectivity index (χ0n) is 18.4. The van der Waals surface area contributed by atoms with Crippen LogP contribution in [-0.4, -0.2) is 52.7 Å². The summed E-state index contributed by atoms with van der Waals surface area (Å²) in [4.78, 5) is 25.4. The van der Waals surface area contributed by atoms with Crippen LogP contribution in [0.15, 0.2) is 30.3 Å². The molecule has 3 aliphatic rings. The number of carbonyl (C=O) groups is 1. The Labute approximate surface area is 198 Å². The van der Waals surface area contributed by atoms with Crippen molar-refractivity contribution in [1.82, 2.24) is 9.88 Å². The Balaban J connectivity index is 1.19. The van der Waals surface area contributed by atoms with Gasteiger partial charge in [-0.1, -0.05) is 17.7 Å². The van der Waals surface area contributed by atoms with Gasteiger partial charge in [0.2, 0.25) is 5.69 Å². The number of nitrogens with zero attached hydrogens (tertiary/aromatic N) is 4. The van der Waals surface area contributed by atoms with E-state index in [1.54, 1.807) is 18.2 Å². The van der Waals surface area contributed by atoms with Gasteiger partial charge in [0.1, 0.15) is 11.6 Å². The number of pyridine rings is 1. The van der Waals surface area contributed by atoms with Gasteiger partial charge in [-0.25, -0.2) is 9.83 Å². The molecule has 1 aliphatic carbocycles.